The number of benzene rings is 2. The van der Waals surface area contributed by atoms with Crippen LogP contribution in [-0.4, -0.2) is 51.0 Å². The minimum absolute atomic E-state index is 0.0167. The molecule has 0 heterocycles. The third-order valence-corrected chi connectivity index (χ3v) is 5.82. The van der Waals surface area contributed by atoms with Gasteiger partial charge in [0.1, 0.15) is 18.4 Å². The van der Waals surface area contributed by atoms with Gasteiger partial charge in [0.25, 0.3) is 0 Å². The van der Waals surface area contributed by atoms with Gasteiger partial charge < -0.3 is 10.2 Å². The average Bonchev–Trinajstić information content (AvgIpc) is 2.69. The highest BCUT2D eigenvalue weighted by Gasteiger charge is 2.30. The van der Waals surface area contributed by atoms with Crippen molar-refractivity contribution in [1.29, 1.82) is 0 Å². The highest BCUT2D eigenvalue weighted by atomic mass is 35.5. The normalized spacial score (nSPS) is 12.2. The molecule has 0 radical (unpaired) electrons. The van der Waals surface area contributed by atoms with Crippen LogP contribution in [0.15, 0.2) is 48.5 Å². The van der Waals surface area contributed by atoms with Crippen LogP contribution in [0.5, 0.6) is 0 Å². The second-order valence-electron chi connectivity index (χ2n) is 6.66. The quantitative estimate of drug-likeness (QED) is 0.662. The molecule has 162 valence electrons. The highest BCUT2D eigenvalue weighted by molar-refractivity contribution is 7.92. The number of carbonyl (C=O) groups excluding carboxylic acids is 2. The molecule has 1 unspecified atom stereocenters. The summed E-state index contributed by atoms with van der Waals surface area (Å²) in [7, 11) is -2.54. The van der Waals surface area contributed by atoms with E-state index in [-0.39, 0.29) is 12.2 Å². The largest absolute Gasteiger partial charge is 0.357 e. The number of amides is 2. The van der Waals surface area contributed by atoms with Gasteiger partial charge in [0.05, 0.1) is 11.9 Å². The molecule has 7 nitrogen and oxygen atoms in total. The molecule has 2 amide bonds. The summed E-state index contributed by atoms with van der Waals surface area (Å²) >= 11 is 6.01. The molecule has 10 heteroatoms. The maximum atomic E-state index is 14.2. The van der Waals surface area contributed by atoms with Gasteiger partial charge in [-0.3, -0.25) is 13.9 Å². The van der Waals surface area contributed by atoms with Crippen LogP contribution >= 0.6 is 11.6 Å². The number of hydrogen-bond donors (Lipinski definition) is 1. The summed E-state index contributed by atoms with van der Waals surface area (Å²) in [6.45, 7) is 0.875. The van der Waals surface area contributed by atoms with Crippen molar-refractivity contribution in [2.45, 2.75) is 19.5 Å². The molecule has 1 N–H and O–H groups in total. The van der Waals surface area contributed by atoms with Crippen LogP contribution in [-0.2, 0) is 26.2 Å². The Morgan fingerprint density at radius 3 is 2.40 bits per heavy atom. The predicted octanol–water partition coefficient (Wildman–Crippen LogP) is 2.41. The second-order valence-corrected chi connectivity index (χ2v) is 9.01. The number of carbonyl (C=O) groups is 2. The molecule has 2 rings (SSSR count). The van der Waals surface area contributed by atoms with Crippen LogP contribution < -0.4 is 9.62 Å². The summed E-state index contributed by atoms with van der Waals surface area (Å²) < 4.78 is 39.5. The molecular weight excluding hydrogens is 433 g/mol. The second kappa shape index (κ2) is 9.90. The summed E-state index contributed by atoms with van der Waals surface area (Å²) in [5, 5.41) is 2.93. The number of nitrogens with zero attached hydrogens (tertiary/aromatic N) is 2. The predicted molar refractivity (Wildman–Crippen MR) is 114 cm³/mol. The van der Waals surface area contributed by atoms with Gasteiger partial charge in [-0.25, -0.2) is 12.8 Å². The van der Waals surface area contributed by atoms with Gasteiger partial charge in [-0.05, 0) is 36.8 Å². The topological polar surface area (TPSA) is 86.8 Å². The Morgan fingerprint density at radius 1 is 1.17 bits per heavy atom. The van der Waals surface area contributed by atoms with Crippen molar-refractivity contribution in [2.24, 2.45) is 0 Å². The summed E-state index contributed by atoms with van der Waals surface area (Å²) in [4.78, 5) is 26.5. The van der Waals surface area contributed by atoms with Gasteiger partial charge in [0, 0.05) is 18.6 Å². The Kier molecular flexibility index (Phi) is 7.80. The van der Waals surface area contributed by atoms with E-state index in [1.54, 1.807) is 24.3 Å². The lowest BCUT2D eigenvalue weighted by Crippen LogP contribution is -2.50. The fraction of sp³-hybridized carbons (Fsp3) is 0.300. The molecule has 30 heavy (non-hydrogen) atoms. The van der Waals surface area contributed by atoms with Crippen LogP contribution in [0.1, 0.15) is 12.5 Å². The first-order chi connectivity index (χ1) is 14.0. The number of nitrogens with one attached hydrogen (secondary N) is 1. The van der Waals surface area contributed by atoms with Gasteiger partial charge in [0.15, 0.2) is 0 Å². The van der Waals surface area contributed by atoms with E-state index >= 15 is 0 Å². The van der Waals surface area contributed by atoms with Crippen LogP contribution in [0, 0.1) is 5.82 Å². The van der Waals surface area contributed by atoms with Crippen molar-refractivity contribution < 1.29 is 22.4 Å². The zero-order valence-electron chi connectivity index (χ0n) is 16.8. The van der Waals surface area contributed by atoms with E-state index in [0.29, 0.717) is 14.9 Å². The third kappa shape index (κ3) is 5.93. The fourth-order valence-corrected chi connectivity index (χ4v) is 3.94. The smallest absolute Gasteiger partial charge is 0.244 e. The fourth-order valence-electron chi connectivity index (χ4n) is 2.87. The Balaban J connectivity index is 2.40. The lowest BCUT2D eigenvalue weighted by atomic mass is 10.1. The first-order valence-corrected chi connectivity index (χ1v) is 11.2. The van der Waals surface area contributed by atoms with E-state index in [9.17, 15) is 22.4 Å². The number of hydrogen-bond acceptors (Lipinski definition) is 4. The van der Waals surface area contributed by atoms with Crippen LogP contribution in [0.2, 0.25) is 5.02 Å². The number of para-hydroxylation sites is 1. The molecule has 0 aromatic heterocycles. The number of anilines is 1. The van der Waals surface area contributed by atoms with Crippen molar-refractivity contribution in [3.8, 4) is 0 Å². The van der Waals surface area contributed by atoms with Crippen LogP contribution in [0.3, 0.4) is 0 Å². The number of halogens is 2. The van der Waals surface area contributed by atoms with Gasteiger partial charge in [-0.2, -0.15) is 0 Å². The molecule has 2 aromatic rings. The van der Waals surface area contributed by atoms with E-state index in [4.69, 9.17) is 11.6 Å². The summed E-state index contributed by atoms with van der Waals surface area (Å²) in [5.74, 6) is -1.88. The van der Waals surface area contributed by atoms with Crippen LogP contribution in [0.25, 0.3) is 0 Å². The Bertz CT molecular complexity index is 1030. The van der Waals surface area contributed by atoms with E-state index in [0.717, 1.165) is 12.3 Å². The monoisotopic (exact) mass is 455 g/mol. The molecule has 0 saturated heterocycles. The van der Waals surface area contributed by atoms with E-state index < -0.39 is 40.2 Å². The number of likely N-dealkylation sites (N-methyl/N-ethyl adjacent to an activating group) is 1. The van der Waals surface area contributed by atoms with Crippen molar-refractivity contribution in [2.75, 3.05) is 24.2 Å². The molecule has 0 spiro atoms. The average molecular weight is 456 g/mol. The maximum Gasteiger partial charge on any atom is 0.244 e. The highest BCUT2D eigenvalue weighted by Crippen LogP contribution is 2.22. The number of sulfonamides is 1. The lowest BCUT2D eigenvalue weighted by Gasteiger charge is -2.31. The Labute approximate surface area is 180 Å². The zero-order chi connectivity index (χ0) is 22.5. The molecule has 1 atom stereocenters. The van der Waals surface area contributed by atoms with E-state index in [1.807, 2.05) is 0 Å². The standard InChI is InChI=1S/C20H23ClFN3O4S/c1-14(20(27)23-2)24(12-15-7-6-8-16(21)11-15)19(26)13-25(30(3,28)29)18-10-5-4-9-17(18)22/h4-11,14H,12-13H2,1-3H3,(H,23,27). The summed E-state index contributed by atoms with van der Waals surface area (Å²) in [6, 6.07) is 11.1. The minimum atomic E-state index is -3.98. The lowest BCUT2D eigenvalue weighted by molar-refractivity contribution is -0.139. The molecule has 0 aliphatic heterocycles. The third-order valence-electron chi connectivity index (χ3n) is 4.46. The zero-order valence-corrected chi connectivity index (χ0v) is 18.4. The first kappa shape index (κ1) is 23.6. The SMILES string of the molecule is CNC(=O)C(C)N(Cc1cccc(Cl)c1)C(=O)CN(c1ccccc1F)S(C)(=O)=O. The molecule has 0 bridgehead atoms. The van der Waals surface area contributed by atoms with E-state index in [2.05, 4.69) is 5.32 Å². The van der Waals surface area contributed by atoms with Crippen molar-refractivity contribution in [3.05, 3.63) is 64.9 Å². The van der Waals surface area contributed by atoms with Crippen molar-refractivity contribution in [3.63, 3.8) is 0 Å². The Morgan fingerprint density at radius 2 is 1.83 bits per heavy atom. The Hall–Kier alpha value is -2.65. The van der Waals surface area contributed by atoms with Gasteiger partial charge >= 0.3 is 0 Å². The van der Waals surface area contributed by atoms with Gasteiger partial charge in [-0.1, -0.05) is 35.9 Å². The number of rotatable bonds is 8. The van der Waals surface area contributed by atoms with Crippen molar-refractivity contribution >= 4 is 39.1 Å². The van der Waals surface area contributed by atoms with Gasteiger partial charge in [-0.15, -0.1) is 0 Å². The maximum absolute atomic E-state index is 14.2. The summed E-state index contributed by atoms with van der Waals surface area (Å²) in [5.41, 5.74) is 0.409. The molecule has 0 aliphatic rings. The molecular formula is C20H23ClFN3O4S. The first-order valence-electron chi connectivity index (χ1n) is 9.02. The molecule has 0 saturated carbocycles. The minimum Gasteiger partial charge on any atom is -0.357 e. The molecule has 0 fully saturated rings. The van der Waals surface area contributed by atoms with E-state index in [1.165, 1.54) is 37.1 Å². The van der Waals surface area contributed by atoms with Crippen LogP contribution in [0.4, 0.5) is 10.1 Å². The van der Waals surface area contributed by atoms with Gasteiger partial charge in [0.2, 0.25) is 21.8 Å². The summed E-state index contributed by atoms with van der Waals surface area (Å²) in [6.07, 6.45) is 0.885. The van der Waals surface area contributed by atoms with Crippen molar-refractivity contribution in [1.82, 2.24) is 10.2 Å². The molecule has 2 aromatic carbocycles. The molecule has 0 aliphatic carbocycles.